The number of ether oxygens (including phenoxy) is 3. The normalized spacial score (nSPS) is 22.0. The van der Waals surface area contributed by atoms with E-state index >= 15 is 4.79 Å². The second-order valence-electron chi connectivity index (χ2n) is 19.2. The molecular weight excluding hydrogens is 868 g/mol. The first-order chi connectivity index (χ1) is 33.8. The van der Waals surface area contributed by atoms with Crippen LogP contribution in [-0.4, -0.2) is 65.5 Å². The van der Waals surface area contributed by atoms with Crippen molar-refractivity contribution in [3.05, 3.63) is 138 Å². The number of carbonyl (C=O) groups is 1. The molecule has 1 fully saturated rings. The van der Waals surface area contributed by atoms with Crippen LogP contribution in [-0.2, 0) is 20.9 Å². The third-order valence-corrected chi connectivity index (χ3v) is 14.5. The summed E-state index contributed by atoms with van der Waals surface area (Å²) in [6.07, 6.45) is 19.6. The first-order valence-corrected chi connectivity index (χ1v) is 25.8. The molecule has 0 aromatic heterocycles. The Morgan fingerprint density at radius 1 is 0.826 bits per heavy atom. The molecule has 3 aliphatic rings. The van der Waals surface area contributed by atoms with E-state index in [0.29, 0.717) is 42.9 Å². The molecule has 7 rings (SSSR count). The van der Waals surface area contributed by atoms with Crippen molar-refractivity contribution in [1.29, 1.82) is 0 Å². The largest absolute Gasteiger partial charge is 0.459 e. The molecule has 1 heterocycles. The van der Waals surface area contributed by atoms with Gasteiger partial charge in [0.05, 0.1) is 18.2 Å². The Morgan fingerprint density at radius 2 is 1.49 bits per heavy atom. The first kappa shape index (κ1) is 51.6. The second-order valence-corrected chi connectivity index (χ2v) is 19.2. The topological polar surface area (TPSA) is 110 Å². The number of amides is 1. The number of hydrogen-bond donors (Lipinski definition) is 2. The summed E-state index contributed by atoms with van der Waals surface area (Å²) in [5.41, 5.74) is 5.69. The van der Waals surface area contributed by atoms with Gasteiger partial charge in [-0.3, -0.25) is 4.79 Å². The summed E-state index contributed by atoms with van der Waals surface area (Å²) in [7, 11) is 1.56. The molecule has 2 N–H and O–H groups in total. The Hall–Kier alpha value is -5.29. The van der Waals surface area contributed by atoms with E-state index in [0.717, 1.165) is 84.9 Å². The highest BCUT2D eigenvalue weighted by molar-refractivity contribution is 6.03. The number of hydrogen-bond acceptors (Lipinski definition) is 8. The molecule has 4 aromatic carbocycles. The SMILES string of the molecule is C=CCOC12Oc3ccc(Oc4ccc(-c5ccccc5)cc4)cc3C3C(CCCCO)C(CCCCO)C=C(C(=NOC)CC1N(Cc1ccc(F)cc1)C(=O)CCCCCCCCCCC)C32. The van der Waals surface area contributed by atoms with Crippen LogP contribution in [0.3, 0.4) is 0 Å². The number of fused-ring (bicyclic) bond motifs is 2. The van der Waals surface area contributed by atoms with Gasteiger partial charge in [-0.05, 0) is 109 Å². The molecular formula is C59H75FN2O7. The fraction of sp³-hybridized carbons (Fsp3) is 0.492. The van der Waals surface area contributed by atoms with E-state index < -0.39 is 17.7 Å². The highest BCUT2D eigenvalue weighted by atomic mass is 19.1. The van der Waals surface area contributed by atoms with Gasteiger partial charge in [-0.15, -0.1) is 6.58 Å². The van der Waals surface area contributed by atoms with Gasteiger partial charge >= 0.3 is 0 Å². The molecule has 0 radical (unpaired) electrons. The average Bonchev–Trinajstić information content (AvgIpc) is 3.37. The van der Waals surface area contributed by atoms with Gasteiger partial charge in [0.15, 0.2) is 0 Å². The summed E-state index contributed by atoms with van der Waals surface area (Å²) >= 11 is 0. The molecule has 0 bridgehead atoms. The van der Waals surface area contributed by atoms with Crippen molar-refractivity contribution >= 4 is 11.6 Å². The Kier molecular flexibility index (Phi) is 19.5. The van der Waals surface area contributed by atoms with Gasteiger partial charge in [0.25, 0.3) is 0 Å². The van der Waals surface area contributed by atoms with Gasteiger partial charge in [-0.25, -0.2) is 4.39 Å². The summed E-state index contributed by atoms with van der Waals surface area (Å²) in [6, 6.07) is 30.1. The molecule has 6 unspecified atom stereocenters. The first-order valence-electron chi connectivity index (χ1n) is 25.8. The molecule has 2 aliphatic carbocycles. The molecule has 6 atom stereocenters. The maximum absolute atomic E-state index is 15.1. The number of halogens is 1. The maximum atomic E-state index is 15.1. The summed E-state index contributed by atoms with van der Waals surface area (Å²) in [5, 5.41) is 24.8. The number of aliphatic hydroxyl groups excluding tert-OH is 2. The molecule has 0 spiro atoms. The van der Waals surface area contributed by atoms with Crippen molar-refractivity contribution in [2.24, 2.45) is 22.9 Å². The molecule has 9 nitrogen and oxygen atoms in total. The van der Waals surface area contributed by atoms with E-state index in [9.17, 15) is 14.6 Å². The van der Waals surface area contributed by atoms with Crippen LogP contribution in [0.1, 0.15) is 133 Å². The van der Waals surface area contributed by atoms with Crippen LogP contribution >= 0.6 is 0 Å². The summed E-state index contributed by atoms with van der Waals surface area (Å²) in [4.78, 5) is 22.7. The summed E-state index contributed by atoms with van der Waals surface area (Å²) < 4.78 is 35.7. The minimum Gasteiger partial charge on any atom is -0.459 e. The minimum atomic E-state index is -1.40. The van der Waals surface area contributed by atoms with E-state index in [2.05, 4.69) is 49.9 Å². The molecule has 4 aromatic rings. The lowest BCUT2D eigenvalue weighted by Crippen LogP contribution is -2.70. The van der Waals surface area contributed by atoms with E-state index in [1.54, 1.807) is 25.3 Å². The number of oxime groups is 1. The number of allylic oxidation sites excluding steroid dienone is 1. The van der Waals surface area contributed by atoms with Crippen molar-refractivity contribution < 1.29 is 38.4 Å². The van der Waals surface area contributed by atoms with E-state index in [1.807, 2.05) is 47.4 Å². The molecule has 10 heteroatoms. The van der Waals surface area contributed by atoms with Crippen molar-refractivity contribution in [1.82, 2.24) is 4.90 Å². The number of aliphatic hydroxyl groups is 2. The van der Waals surface area contributed by atoms with Gasteiger partial charge in [0, 0.05) is 44.1 Å². The van der Waals surface area contributed by atoms with Crippen molar-refractivity contribution in [2.45, 2.75) is 140 Å². The van der Waals surface area contributed by atoms with Gasteiger partial charge in [-0.2, -0.15) is 0 Å². The Labute approximate surface area is 410 Å². The number of unbranched alkanes of at least 4 members (excludes halogenated alkanes) is 10. The Balaban J connectivity index is 1.32. The van der Waals surface area contributed by atoms with Crippen LogP contribution in [0.25, 0.3) is 11.1 Å². The quantitative estimate of drug-likeness (QED) is 0.0331. The maximum Gasteiger partial charge on any atom is 0.239 e. The van der Waals surface area contributed by atoms with Crippen molar-refractivity contribution in [3.63, 3.8) is 0 Å². The van der Waals surface area contributed by atoms with E-state index in [-0.39, 0.29) is 55.8 Å². The fourth-order valence-corrected chi connectivity index (χ4v) is 11.2. The predicted molar refractivity (Wildman–Crippen MR) is 273 cm³/mol. The molecule has 69 heavy (non-hydrogen) atoms. The molecule has 370 valence electrons. The predicted octanol–water partition coefficient (Wildman–Crippen LogP) is 13.5. The van der Waals surface area contributed by atoms with E-state index in [1.165, 1.54) is 44.2 Å². The zero-order chi connectivity index (χ0) is 48.4. The molecule has 1 amide bonds. The lowest BCUT2D eigenvalue weighted by Gasteiger charge is -2.60. The standard InChI is InChI=1S/C59H75FN2O7/c1-4-6-7-8-9-10-11-12-16-25-56(65)62(42-43-26-30-47(60)31-27-43)55-41-53(61-66-3)51-39-46(23-17-19-36-63)50(24-18-20-37-64)57-52-40-49(34-35-54(52)69-59(55,58(51)57)67-38-5-2)68-48-32-28-45(29-33-48)44-21-14-13-15-22-44/h5,13-15,21-22,26-35,39-40,46,50,55,57-58,63-64H,2,4,6-12,16-20,23-25,36-38,41-42H2,1,3H3. The lowest BCUT2D eigenvalue weighted by molar-refractivity contribution is -0.258. The highest BCUT2D eigenvalue weighted by Gasteiger charge is 2.65. The summed E-state index contributed by atoms with van der Waals surface area (Å²) in [5.74, 6) is -0.259. The van der Waals surface area contributed by atoms with Crippen LogP contribution in [0.2, 0.25) is 0 Å². The molecule has 1 aliphatic heterocycles. The number of carbonyl (C=O) groups excluding carboxylic acids is 1. The summed E-state index contributed by atoms with van der Waals surface area (Å²) in [6.45, 7) is 6.90. The van der Waals surface area contributed by atoms with Crippen LogP contribution in [0, 0.1) is 23.6 Å². The van der Waals surface area contributed by atoms with Crippen molar-refractivity contribution in [2.75, 3.05) is 26.9 Å². The number of benzene rings is 4. The van der Waals surface area contributed by atoms with Crippen LogP contribution < -0.4 is 9.47 Å². The number of nitrogens with zero attached hydrogens (tertiary/aromatic N) is 2. The third-order valence-electron chi connectivity index (χ3n) is 14.5. The zero-order valence-electron chi connectivity index (χ0n) is 41.0. The van der Waals surface area contributed by atoms with Gasteiger partial charge < -0.3 is 34.2 Å². The van der Waals surface area contributed by atoms with Gasteiger partial charge in [0.2, 0.25) is 11.7 Å². The van der Waals surface area contributed by atoms with E-state index in [4.69, 9.17) is 24.2 Å². The smallest absolute Gasteiger partial charge is 0.239 e. The number of rotatable bonds is 28. The van der Waals surface area contributed by atoms with Gasteiger partial charge in [-0.1, -0.05) is 143 Å². The minimum absolute atomic E-state index is 0.0248. The van der Waals surface area contributed by atoms with Crippen LogP contribution in [0.5, 0.6) is 17.2 Å². The zero-order valence-corrected chi connectivity index (χ0v) is 41.0. The highest BCUT2D eigenvalue weighted by Crippen LogP contribution is 2.62. The monoisotopic (exact) mass is 943 g/mol. The molecule has 0 saturated heterocycles. The second kappa shape index (κ2) is 26.1. The Bertz CT molecular complexity index is 2280. The molecule has 1 saturated carbocycles. The fourth-order valence-electron chi connectivity index (χ4n) is 11.2. The van der Waals surface area contributed by atoms with Crippen molar-refractivity contribution in [3.8, 4) is 28.4 Å². The van der Waals surface area contributed by atoms with Crippen LogP contribution in [0.4, 0.5) is 4.39 Å². The van der Waals surface area contributed by atoms with Crippen LogP contribution in [0.15, 0.2) is 127 Å². The lowest BCUT2D eigenvalue weighted by atomic mass is 9.55. The third kappa shape index (κ3) is 12.9. The van der Waals surface area contributed by atoms with Gasteiger partial charge in [0.1, 0.15) is 36.2 Å². The average molecular weight is 943 g/mol. The Morgan fingerprint density at radius 3 is 2.17 bits per heavy atom.